The minimum Gasteiger partial charge on any atom is -0.381 e. The predicted octanol–water partition coefficient (Wildman–Crippen LogP) is 3.74. The lowest BCUT2D eigenvalue weighted by Gasteiger charge is -2.28. The van der Waals surface area contributed by atoms with Crippen LogP contribution in [0.4, 0.5) is 11.4 Å². The van der Waals surface area contributed by atoms with E-state index in [1.54, 1.807) is 0 Å². The average molecular weight is 394 g/mol. The summed E-state index contributed by atoms with van der Waals surface area (Å²) in [5, 5.41) is 3.46. The molecule has 0 radical (unpaired) electrons. The van der Waals surface area contributed by atoms with E-state index < -0.39 is 0 Å². The maximum absolute atomic E-state index is 5.39. The number of morpholine rings is 1. The molecule has 21 heavy (non-hydrogen) atoms. The molecule has 1 fully saturated rings. The maximum Gasteiger partial charge on any atom is 0.0642 e. The van der Waals surface area contributed by atoms with Gasteiger partial charge < -0.3 is 15.0 Å². The van der Waals surface area contributed by atoms with Crippen LogP contribution in [0, 0.1) is 3.57 Å². The van der Waals surface area contributed by atoms with Gasteiger partial charge in [0.25, 0.3) is 0 Å². The molecule has 1 heterocycles. The monoisotopic (exact) mass is 394 g/mol. The lowest BCUT2D eigenvalue weighted by Crippen LogP contribution is -2.36. The predicted molar refractivity (Wildman–Crippen MR) is 96.0 cm³/mol. The summed E-state index contributed by atoms with van der Waals surface area (Å²) >= 11 is 2.33. The van der Waals surface area contributed by atoms with Crippen LogP contribution in [-0.2, 0) is 11.3 Å². The van der Waals surface area contributed by atoms with Crippen LogP contribution in [0.2, 0.25) is 0 Å². The van der Waals surface area contributed by atoms with Crippen LogP contribution in [0.25, 0.3) is 0 Å². The molecule has 0 bridgehead atoms. The van der Waals surface area contributed by atoms with Gasteiger partial charge in [0, 0.05) is 34.6 Å². The normalized spacial score (nSPS) is 15.0. The van der Waals surface area contributed by atoms with Gasteiger partial charge in [-0.1, -0.05) is 12.1 Å². The minimum absolute atomic E-state index is 0.826. The average Bonchev–Trinajstić information content (AvgIpc) is 2.56. The summed E-state index contributed by atoms with van der Waals surface area (Å²) in [4.78, 5) is 2.37. The highest BCUT2D eigenvalue weighted by Gasteiger charge is 2.10. The minimum atomic E-state index is 0.826. The molecular formula is C17H19IN2O. The zero-order valence-corrected chi connectivity index (χ0v) is 14.0. The number of rotatable bonds is 4. The van der Waals surface area contributed by atoms with Gasteiger partial charge in [-0.05, 0) is 64.6 Å². The second kappa shape index (κ2) is 7.13. The molecule has 1 saturated heterocycles. The zero-order valence-electron chi connectivity index (χ0n) is 11.9. The van der Waals surface area contributed by atoms with Crippen molar-refractivity contribution in [2.45, 2.75) is 6.54 Å². The van der Waals surface area contributed by atoms with E-state index in [2.05, 4.69) is 81.3 Å². The van der Waals surface area contributed by atoms with E-state index in [4.69, 9.17) is 4.74 Å². The van der Waals surface area contributed by atoms with E-state index in [9.17, 15) is 0 Å². The molecule has 3 rings (SSSR count). The molecule has 110 valence electrons. The number of halogens is 1. The van der Waals surface area contributed by atoms with Crippen LogP contribution >= 0.6 is 22.6 Å². The first-order chi connectivity index (χ1) is 10.3. The van der Waals surface area contributed by atoms with Crippen molar-refractivity contribution in [2.75, 3.05) is 36.5 Å². The zero-order chi connectivity index (χ0) is 14.5. The number of anilines is 2. The third-order valence-corrected chi connectivity index (χ3v) is 4.37. The Morgan fingerprint density at radius 3 is 2.29 bits per heavy atom. The summed E-state index contributed by atoms with van der Waals surface area (Å²) in [5.41, 5.74) is 3.73. The van der Waals surface area contributed by atoms with E-state index in [1.165, 1.54) is 14.8 Å². The van der Waals surface area contributed by atoms with Gasteiger partial charge in [0.15, 0.2) is 0 Å². The van der Waals surface area contributed by atoms with E-state index >= 15 is 0 Å². The third kappa shape index (κ3) is 4.11. The van der Waals surface area contributed by atoms with Crippen LogP contribution in [0.5, 0.6) is 0 Å². The van der Waals surface area contributed by atoms with Gasteiger partial charge in [0.2, 0.25) is 0 Å². The van der Waals surface area contributed by atoms with Gasteiger partial charge in [-0.2, -0.15) is 0 Å². The van der Waals surface area contributed by atoms with Crippen LogP contribution in [0.15, 0.2) is 48.5 Å². The fourth-order valence-corrected chi connectivity index (χ4v) is 2.78. The molecule has 2 aromatic rings. The topological polar surface area (TPSA) is 24.5 Å². The first-order valence-corrected chi connectivity index (χ1v) is 8.30. The quantitative estimate of drug-likeness (QED) is 0.800. The van der Waals surface area contributed by atoms with Crippen molar-refractivity contribution in [3.05, 3.63) is 57.7 Å². The molecule has 1 aliphatic rings. The lowest BCUT2D eigenvalue weighted by molar-refractivity contribution is 0.122. The first-order valence-electron chi connectivity index (χ1n) is 7.22. The van der Waals surface area contributed by atoms with Crippen molar-refractivity contribution in [3.63, 3.8) is 0 Å². The Morgan fingerprint density at radius 2 is 1.62 bits per heavy atom. The van der Waals surface area contributed by atoms with Crippen LogP contribution in [0.1, 0.15) is 5.56 Å². The molecule has 0 saturated carbocycles. The van der Waals surface area contributed by atoms with Gasteiger partial charge in [-0.25, -0.2) is 0 Å². The standard InChI is InChI=1S/C17H19IN2O/c18-15-3-1-14(2-4-15)13-19-16-5-7-17(8-6-16)20-9-11-21-12-10-20/h1-8,19H,9-13H2. The Bertz CT molecular complexity index is 562. The molecule has 2 aromatic carbocycles. The second-order valence-corrected chi connectivity index (χ2v) is 6.37. The number of ether oxygens (including phenoxy) is 1. The third-order valence-electron chi connectivity index (χ3n) is 3.65. The summed E-state index contributed by atoms with van der Waals surface area (Å²) in [6.45, 7) is 4.47. The fraction of sp³-hybridized carbons (Fsp3) is 0.294. The van der Waals surface area contributed by atoms with Crippen LogP contribution in [-0.4, -0.2) is 26.3 Å². The highest BCUT2D eigenvalue weighted by atomic mass is 127. The Balaban J connectivity index is 1.57. The van der Waals surface area contributed by atoms with Crippen molar-refractivity contribution in [3.8, 4) is 0 Å². The van der Waals surface area contributed by atoms with Gasteiger partial charge >= 0.3 is 0 Å². The molecule has 0 amide bonds. The molecule has 4 heteroatoms. The number of nitrogens with zero attached hydrogens (tertiary/aromatic N) is 1. The van der Waals surface area contributed by atoms with Gasteiger partial charge in [0.05, 0.1) is 13.2 Å². The number of nitrogens with one attached hydrogen (secondary N) is 1. The molecule has 0 spiro atoms. The van der Waals surface area contributed by atoms with E-state index in [0.717, 1.165) is 38.5 Å². The highest BCUT2D eigenvalue weighted by Crippen LogP contribution is 2.19. The van der Waals surface area contributed by atoms with Crippen LogP contribution < -0.4 is 10.2 Å². The van der Waals surface area contributed by atoms with Crippen molar-refractivity contribution >= 4 is 34.0 Å². The smallest absolute Gasteiger partial charge is 0.0642 e. The SMILES string of the molecule is Ic1ccc(CNc2ccc(N3CCOCC3)cc2)cc1. The molecule has 3 nitrogen and oxygen atoms in total. The van der Waals surface area contributed by atoms with Crippen molar-refractivity contribution in [1.82, 2.24) is 0 Å². The van der Waals surface area contributed by atoms with Crippen LogP contribution in [0.3, 0.4) is 0 Å². The Kier molecular flexibility index (Phi) is 4.98. The Labute approximate surface area is 139 Å². The van der Waals surface area contributed by atoms with Gasteiger partial charge in [-0.15, -0.1) is 0 Å². The first kappa shape index (κ1) is 14.7. The van der Waals surface area contributed by atoms with Gasteiger partial charge in [0.1, 0.15) is 0 Å². The summed E-state index contributed by atoms with van der Waals surface area (Å²) in [6.07, 6.45) is 0. The summed E-state index contributed by atoms with van der Waals surface area (Å²) < 4.78 is 6.66. The molecular weight excluding hydrogens is 375 g/mol. The molecule has 1 aliphatic heterocycles. The largest absolute Gasteiger partial charge is 0.381 e. The molecule has 0 atom stereocenters. The Morgan fingerprint density at radius 1 is 0.952 bits per heavy atom. The number of hydrogen-bond donors (Lipinski definition) is 1. The van der Waals surface area contributed by atoms with Crippen molar-refractivity contribution < 1.29 is 4.74 Å². The Hall–Kier alpha value is -1.27. The van der Waals surface area contributed by atoms with E-state index in [0.29, 0.717) is 0 Å². The molecule has 0 aliphatic carbocycles. The van der Waals surface area contributed by atoms with Gasteiger partial charge in [-0.3, -0.25) is 0 Å². The number of benzene rings is 2. The molecule has 0 aromatic heterocycles. The maximum atomic E-state index is 5.39. The summed E-state index contributed by atoms with van der Waals surface area (Å²) in [6, 6.07) is 17.3. The highest BCUT2D eigenvalue weighted by molar-refractivity contribution is 14.1. The molecule has 1 N–H and O–H groups in total. The molecule has 0 unspecified atom stereocenters. The fourth-order valence-electron chi connectivity index (χ4n) is 2.42. The van der Waals surface area contributed by atoms with E-state index in [1.807, 2.05) is 0 Å². The summed E-state index contributed by atoms with van der Waals surface area (Å²) in [7, 11) is 0. The van der Waals surface area contributed by atoms with Crippen molar-refractivity contribution in [1.29, 1.82) is 0 Å². The second-order valence-electron chi connectivity index (χ2n) is 5.13. The summed E-state index contributed by atoms with van der Waals surface area (Å²) in [5.74, 6) is 0. The van der Waals surface area contributed by atoms with E-state index in [-0.39, 0.29) is 0 Å². The number of hydrogen-bond acceptors (Lipinski definition) is 3. The lowest BCUT2D eigenvalue weighted by atomic mass is 10.2. The van der Waals surface area contributed by atoms with Crippen molar-refractivity contribution in [2.24, 2.45) is 0 Å².